The third kappa shape index (κ3) is 5.26. The number of benzene rings is 8. The van der Waals surface area contributed by atoms with Gasteiger partial charge < -0.3 is 9.88 Å². The van der Waals surface area contributed by atoms with E-state index in [-0.39, 0.29) is 12.3 Å². The fraction of sp³-hybridized carbons (Fsp3) is 0.0392. The first kappa shape index (κ1) is 32.7. The fourth-order valence-electron chi connectivity index (χ4n) is 8.81. The topological polar surface area (TPSA) is 41.4 Å². The van der Waals surface area contributed by atoms with E-state index in [1.54, 1.807) is 0 Å². The van der Waals surface area contributed by atoms with Crippen molar-refractivity contribution in [2.45, 2.75) is 12.3 Å². The van der Waals surface area contributed by atoms with Gasteiger partial charge in [-0.3, -0.25) is 5.32 Å². The Labute approximate surface area is 337 Å². The maximum Gasteiger partial charge on any atom is 0.131 e. The molecule has 0 spiro atoms. The summed E-state index contributed by atoms with van der Waals surface area (Å²) in [6.07, 6.45) is -0.288. The number of rotatable bonds is 5. The van der Waals surface area contributed by atoms with Crippen molar-refractivity contribution in [2.24, 2.45) is 4.99 Å². The Kier molecular flexibility index (Phi) is 7.45. The average Bonchev–Trinajstić information content (AvgIpc) is 3.96. The Bertz CT molecular complexity index is 3320. The minimum Gasteiger partial charge on any atom is -0.350 e. The monoisotopic (exact) mass is 766 g/mol. The summed E-state index contributed by atoms with van der Waals surface area (Å²) in [5.74, 6) is 0.893. The van der Waals surface area contributed by atoms with Gasteiger partial charge in [0.2, 0.25) is 0 Å². The van der Waals surface area contributed by atoms with Gasteiger partial charge in [0, 0.05) is 52.0 Å². The Hall–Kier alpha value is -6.57. The van der Waals surface area contributed by atoms with Crippen LogP contribution < -0.4 is 10.6 Å². The highest BCUT2D eigenvalue weighted by atomic mass is 32.1. The van der Waals surface area contributed by atoms with Crippen LogP contribution in [-0.4, -0.2) is 10.4 Å². The highest BCUT2D eigenvalue weighted by Crippen LogP contribution is 2.45. The van der Waals surface area contributed by atoms with Gasteiger partial charge in [0.15, 0.2) is 0 Å². The maximum absolute atomic E-state index is 5.23. The lowest BCUT2D eigenvalue weighted by Gasteiger charge is -2.32. The SMILES string of the molecule is c1ccc(C2=NC(c3ccc4sc5c(-c6ccc7c(c6)sc6c(-n8c9ccccc9c9ccccc98)cccc67)cccc5c4c3)NC(c3ccccc3)N2)cc1. The van der Waals surface area contributed by atoms with Crippen molar-refractivity contribution in [1.29, 1.82) is 0 Å². The maximum atomic E-state index is 5.23. The third-order valence-electron chi connectivity index (χ3n) is 11.5. The molecule has 270 valence electrons. The van der Waals surface area contributed by atoms with Gasteiger partial charge in [-0.2, -0.15) is 0 Å². The number of nitrogens with one attached hydrogen (secondary N) is 2. The number of aliphatic imine (C=N–C) groups is 1. The molecule has 11 aromatic rings. The lowest BCUT2D eigenvalue weighted by atomic mass is 10.0. The second-order valence-electron chi connectivity index (χ2n) is 14.8. The Morgan fingerprint density at radius 2 is 1.12 bits per heavy atom. The molecule has 0 bridgehead atoms. The van der Waals surface area contributed by atoms with Crippen LogP contribution in [0.3, 0.4) is 0 Å². The van der Waals surface area contributed by atoms with E-state index in [1.807, 2.05) is 28.7 Å². The molecule has 4 heterocycles. The van der Waals surface area contributed by atoms with Gasteiger partial charge in [-0.15, -0.1) is 22.7 Å². The van der Waals surface area contributed by atoms with E-state index in [1.165, 1.54) is 84.5 Å². The lowest BCUT2D eigenvalue weighted by molar-refractivity contribution is 0.409. The van der Waals surface area contributed by atoms with Crippen LogP contribution in [0.1, 0.15) is 29.0 Å². The van der Waals surface area contributed by atoms with Crippen molar-refractivity contribution in [3.8, 4) is 16.8 Å². The molecular weight excluding hydrogens is 733 g/mol. The predicted octanol–water partition coefficient (Wildman–Crippen LogP) is 13.5. The molecule has 2 N–H and O–H groups in total. The van der Waals surface area contributed by atoms with Gasteiger partial charge in [0.25, 0.3) is 0 Å². The van der Waals surface area contributed by atoms with Crippen LogP contribution in [0.5, 0.6) is 0 Å². The van der Waals surface area contributed by atoms with E-state index in [2.05, 4.69) is 191 Å². The molecule has 0 aliphatic carbocycles. The van der Waals surface area contributed by atoms with Gasteiger partial charge in [-0.1, -0.05) is 146 Å². The smallest absolute Gasteiger partial charge is 0.131 e. The molecule has 2 atom stereocenters. The van der Waals surface area contributed by atoms with Crippen molar-refractivity contribution >= 4 is 90.7 Å². The molecule has 1 aliphatic heterocycles. The second kappa shape index (κ2) is 13.0. The zero-order valence-electron chi connectivity index (χ0n) is 30.7. The Balaban J connectivity index is 0.960. The van der Waals surface area contributed by atoms with E-state index in [0.29, 0.717) is 0 Å². The van der Waals surface area contributed by atoms with Gasteiger partial charge in [-0.05, 0) is 58.7 Å². The fourth-order valence-corrected chi connectivity index (χ4v) is 11.3. The van der Waals surface area contributed by atoms with E-state index in [4.69, 9.17) is 4.99 Å². The minimum absolute atomic E-state index is 0.0766. The number of fused-ring (bicyclic) bond motifs is 9. The van der Waals surface area contributed by atoms with Gasteiger partial charge >= 0.3 is 0 Å². The summed E-state index contributed by atoms with van der Waals surface area (Å²) >= 11 is 3.77. The van der Waals surface area contributed by atoms with Crippen LogP contribution in [0.25, 0.3) is 79.0 Å². The molecule has 0 amide bonds. The first-order chi connectivity index (χ1) is 28.2. The molecule has 6 heteroatoms. The third-order valence-corrected chi connectivity index (χ3v) is 13.9. The molecule has 3 aromatic heterocycles. The van der Waals surface area contributed by atoms with E-state index >= 15 is 0 Å². The molecule has 12 rings (SSSR count). The largest absolute Gasteiger partial charge is 0.350 e. The van der Waals surface area contributed by atoms with Crippen LogP contribution in [0.15, 0.2) is 187 Å². The van der Waals surface area contributed by atoms with E-state index in [9.17, 15) is 0 Å². The molecular formula is C51H34N4S2. The number of amidine groups is 1. The molecule has 0 saturated heterocycles. The number of nitrogens with zero attached hydrogens (tertiary/aromatic N) is 2. The van der Waals surface area contributed by atoms with Crippen molar-refractivity contribution in [3.05, 3.63) is 199 Å². The normalized spacial score (nSPS) is 15.9. The van der Waals surface area contributed by atoms with Crippen LogP contribution >= 0.6 is 22.7 Å². The minimum atomic E-state index is -0.211. The van der Waals surface area contributed by atoms with Crippen molar-refractivity contribution in [3.63, 3.8) is 0 Å². The van der Waals surface area contributed by atoms with Crippen LogP contribution in [0.2, 0.25) is 0 Å². The molecule has 4 nitrogen and oxygen atoms in total. The number of aromatic nitrogens is 1. The molecule has 57 heavy (non-hydrogen) atoms. The summed E-state index contributed by atoms with van der Waals surface area (Å²) in [7, 11) is 0. The number of hydrogen-bond acceptors (Lipinski definition) is 5. The van der Waals surface area contributed by atoms with Gasteiger partial charge in [0.05, 0.1) is 21.4 Å². The summed E-state index contributed by atoms with van der Waals surface area (Å²) in [5, 5.41) is 15.2. The van der Waals surface area contributed by atoms with Crippen LogP contribution in [0.4, 0.5) is 0 Å². The molecule has 8 aromatic carbocycles. The van der Waals surface area contributed by atoms with E-state index in [0.717, 1.165) is 17.0 Å². The summed E-state index contributed by atoms with van der Waals surface area (Å²) < 4.78 is 7.64. The average molecular weight is 767 g/mol. The molecule has 0 radical (unpaired) electrons. The summed E-state index contributed by atoms with van der Waals surface area (Å²) in [6.45, 7) is 0. The highest BCUT2D eigenvalue weighted by Gasteiger charge is 2.26. The lowest BCUT2D eigenvalue weighted by Crippen LogP contribution is -2.44. The molecule has 2 unspecified atom stereocenters. The second-order valence-corrected chi connectivity index (χ2v) is 16.9. The summed E-state index contributed by atoms with van der Waals surface area (Å²) in [5.41, 5.74) is 9.62. The number of para-hydroxylation sites is 2. The van der Waals surface area contributed by atoms with E-state index < -0.39 is 0 Å². The number of hydrogen-bond donors (Lipinski definition) is 2. The molecule has 1 aliphatic rings. The highest BCUT2D eigenvalue weighted by molar-refractivity contribution is 7.27. The Morgan fingerprint density at radius 1 is 0.456 bits per heavy atom. The van der Waals surface area contributed by atoms with Crippen molar-refractivity contribution in [1.82, 2.24) is 15.2 Å². The molecule has 0 saturated carbocycles. The summed E-state index contributed by atoms with van der Waals surface area (Å²) in [6, 6.07) is 66.0. The van der Waals surface area contributed by atoms with Crippen molar-refractivity contribution < 1.29 is 0 Å². The van der Waals surface area contributed by atoms with Gasteiger partial charge in [-0.25, -0.2) is 4.99 Å². The van der Waals surface area contributed by atoms with Gasteiger partial charge in [0.1, 0.15) is 18.2 Å². The van der Waals surface area contributed by atoms with Crippen LogP contribution in [0, 0.1) is 0 Å². The standard InChI is InChI=1S/C51H34N4S2/c1-3-13-31(14-4-1)49-52-50(32-15-5-2-6-16-32)54-51(53-49)34-26-28-45-41(29-34)40-20-11-19-35(47(40)56-45)33-25-27-38-39-21-12-24-44(48(39)57-46(38)30-33)55-42-22-9-7-17-36(42)37-18-8-10-23-43(37)55/h1-30,49,51,53H,(H,52,54). The summed E-state index contributed by atoms with van der Waals surface area (Å²) in [4.78, 5) is 5.23. The first-order valence-corrected chi connectivity index (χ1v) is 21.0. The Morgan fingerprint density at radius 3 is 1.91 bits per heavy atom. The quantitative estimate of drug-likeness (QED) is 0.183. The zero-order chi connectivity index (χ0) is 37.5. The van der Waals surface area contributed by atoms with Crippen LogP contribution in [-0.2, 0) is 0 Å². The number of thiophene rings is 2. The van der Waals surface area contributed by atoms with Crippen molar-refractivity contribution in [2.75, 3.05) is 0 Å². The first-order valence-electron chi connectivity index (χ1n) is 19.4. The predicted molar refractivity (Wildman–Crippen MR) is 243 cm³/mol. The zero-order valence-corrected chi connectivity index (χ0v) is 32.3. The molecule has 0 fully saturated rings.